The Hall–Kier alpha value is -2.04. The van der Waals surface area contributed by atoms with Gasteiger partial charge >= 0.3 is 5.97 Å². The number of ether oxygens (including phenoxy) is 1. The maximum Gasteiger partial charge on any atom is 0.346 e. The summed E-state index contributed by atoms with van der Waals surface area (Å²) in [5, 5.41) is 15.4. The maximum absolute atomic E-state index is 11.5. The van der Waals surface area contributed by atoms with Gasteiger partial charge < -0.3 is 14.7 Å². The number of methoxy groups -OCH3 is 1. The maximum atomic E-state index is 11.5. The van der Waals surface area contributed by atoms with Crippen molar-refractivity contribution in [2.75, 3.05) is 13.7 Å². The minimum Gasteiger partial charge on any atom is -0.508 e. The molecule has 5 aliphatic carbocycles. The van der Waals surface area contributed by atoms with E-state index in [1.54, 1.807) is 0 Å². The molecular formula is C32H45NO4. The summed E-state index contributed by atoms with van der Waals surface area (Å²) >= 11 is 0. The minimum absolute atomic E-state index is 0.0631. The van der Waals surface area contributed by atoms with Gasteiger partial charge in [-0.15, -0.1) is 0 Å². The SMILES string of the molecule is COC(=O)CO/N=C1\CCC2C3CCc4cc(O)c(CCC5CC6CCCC(C6)C5)cc4C3CC[C@]12C. The van der Waals surface area contributed by atoms with E-state index in [-0.39, 0.29) is 18.0 Å². The number of phenols is 1. The molecule has 0 saturated heterocycles. The zero-order valence-electron chi connectivity index (χ0n) is 22.8. The molecule has 202 valence electrons. The molecule has 4 fully saturated rings. The molecule has 0 aliphatic heterocycles. The highest BCUT2D eigenvalue weighted by molar-refractivity contribution is 5.92. The van der Waals surface area contributed by atoms with Crippen LogP contribution in [0.3, 0.4) is 0 Å². The molecule has 1 aromatic rings. The monoisotopic (exact) mass is 507 g/mol. The van der Waals surface area contributed by atoms with Crippen LogP contribution in [0.1, 0.15) is 107 Å². The number of fused-ring (bicyclic) bond motifs is 7. The predicted molar refractivity (Wildman–Crippen MR) is 145 cm³/mol. The van der Waals surface area contributed by atoms with Gasteiger partial charge in [-0.3, -0.25) is 0 Å². The smallest absolute Gasteiger partial charge is 0.346 e. The summed E-state index contributed by atoms with van der Waals surface area (Å²) in [7, 11) is 1.37. The van der Waals surface area contributed by atoms with Gasteiger partial charge in [0.2, 0.25) is 6.61 Å². The third kappa shape index (κ3) is 4.81. The molecule has 5 heteroatoms. The lowest BCUT2D eigenvalue weighted by Gasteiger charge is -2.49. The van der Waals surface area contributed by atoms with Gasteiger partial charge in [-0.1, -0.05) is 37.4 Å². The van der Waals surface area contributed by atoms with Gasteiger partial charge in [-0.05, 0) is 129 Å². The Balaban J connectivity index is 1.15. The fraction of sp³-hybridized carbons (Fsp3) is 0.750. The second kappa shape index (κ2) is 10.3. The normalized spacial score (nSPS) is 37.4. The van der Waals surface area contributed by atoms with Gasteiger partial charge in [0.1, 0.15) is 5.75 Å². The molecule has 6 rings (SSSR count). The van der Waals surface area contributed by atoms with Gasteiger partial charge in [-0.2, -0.15) is 0 Å². The number of hydrogen-bond acceptors (Lipinski definition) is 5. The number of phenolic OH excluding ortho intramolecular Hbond substituents is 1. The highest BCUT2D eigenvalue weighted by Gasteiger charge is 2.54. The number of nitrogens with zero attached hydrogens (tertiary/aromatic N) is 1. The van der Waals surface area contributed by atoms with Crippen LogP contribution in [0.25, 0.3) is 0 Å². The summed E-state index contributed by atoms with van der Waals surface area (Å²) in [6.45, 7) is 2.26. The van der Waals surface area contributed by atoms with E-state index in [9.17, 15) is 9.90 Å². The Morgan fingerprint density at radius 1 is 1.08 bits per heavy atom. The van der Waals surface area contributed by atoms with Crippen LogP contribution in [-0.2, 0) is 27.2 Å². The van der Waals surface area contributed by atoms with Crippen LogP contribution >= 0.6 is 0 Å². The molecule has 0 amide bonds. The Morgan fingerprint density at radius 2 is 1.89 bits per heavy atom. The molecule has 6 atom stereocenters. The average molecular weight is 508 g/mol. The van der Waals surface area contributed by atoms with E-state index >= 15 is 0 Å². The molecule has 0 heterocycles. The lowest BCUT2D eigenvalue weighted by atomic mass is 9.55. The molecule has 37 heavy (non-hydrogen) atoms. The summed E-state index contributed by atoms with van der Waals surface area (Å²) in [6, 6.07) is 4.53. The number of carbonyl (C=O) groups excluding carboxylic acids is 1. The average Bonchev–Trinajstić information content (AvgIpc) is 3.23. The molecule has 0 radical (unpaired) electrons. The number of aryl methyl sites for hydroxylation is 2. The fourth-order valence-electron chi connectivity index (χ4n) is 9.48. The molecule has 0 aromatic heterocycles. The number of oxime groups is 1. The third-order valence-electron chi connectivity index (χ3n) is 11.3. The van der Waals surface area contributed by atoms with E-state index in [2.05, 4.69) is 28.9 Å². The van der Waals surface area contributed by atoms with Crippen LogP contribution in [0, 0.1) is 35.0 Å². The largest absolute Gasteiger partial charge is 0.508 e. The number of rotatable bonds is 6. The summed E-state index contributed by atoms with van der Waals surface area (Å²) in [4.78, 5) is 16.8. The van der Waals surface area contributed by atoms with Crippen molar-refractivity contribution in [1.82, 2.24) is 0 Å². The standard InChI is InChI=1S/C32H45NO4/c1-32-13-12-25-26(28(32)10-11-30(32)33-37-19-31(35)36-2)9-8-23-18-29(34)24(17-27(23)25)7-6-22-15-20-4-3-5-21(14-20)16-22/h17-18,20-22,25-26,28,34H,3-16,19H2,1-2H3/b33-30+/t20?,21?,22?,25?,26?,28?,32-/m0/s1. The quantitative estimate of drug-likeness (QED) is 0.334. The van der Waals surface area contributed by atoms with Crippen molar-refractivity contribution in [3.05, 3.63) is 28.8 Å². The van der Waals surface area contributed by atoms with Crippen molar-refractivity contribution < 1.29 is 19.5 Å². The molecule has 5 unspecified atom stereocenters. The number of benzene rings is 1. The second-order valence-corrected chi connectivity index (χ2v) is 13.3. The van der Waals surface area contributed by atoms with Crippen molar-refractivity contribution in [2.24, 2.45) is 40.2 Å². The molecule has 4 saturated carbocycles. The van der Waals surface area contributed by atoms with Crippen LogP contribution in [-0.4, -0.2) is 30.5 Å². The fourth-order valence-corrected chi connectivity index (χ4v) is 9.48. The van der Waals surface area contributed by atoms with Crippen LogP contribution in [0.2, 0.25) is 0 Å². The predicted octanol–water partition coefficient (Wildman–Crippen LogP) is 6.94. The van der Waals surface area contributed by atoms with E-state index in [0.717, 1.165) is 62.0 Å². The van der Waals surface area contributed by atoms with Gasteiger partial charge in [0.05, 0.1) is 12.8 Å². The van der Waals surface area contributed by atoms with Crippen LogP contribution in [0.15, 0.2) is 17.3 Å². The van der Waals surface area contributed by atoms with Gasteiger partial charge in [-0.25, -0.2) is 4.79 Å². The first-order chi connectivity index (χ1) is 17.9. The van der Waals surface area contributed by atoms with Crippen LogP contribution in [0.5, 0.6) is 5.75 Å². The topological polar surface area (TPSA) is 68.1 Å². The molecule has 1 N–H and O–H groups in total. The van der Waals surface area contributed by atoms with Crippen LogP contribution < -0.4 is 0 Å². The Bertz CT molecular complexity index is 1040. The first kappa shape index (κ1) is 25.2. The van der Waals surface area contributed by atoms with Gasteiger partial charge in [0.15, 0.2) is 0 Å². The van der Waals surface area contributed by atoms with Gasteiger partial charge in [0.25, 0.3) is 0 Å². The number of esters is 1. The number of aromatic hydroxyl groups is 1. The molecule has 1 aromatic carbocycles. The van der Waals surface area contributed by atoms with Crippen molar-refractivity contribution >= 4 is 11.7 Å². The van der Waals surface area contributed by atoms with E-state index < -0.39 is 0 Å². The Labute approximate surface area is 222 Å². The number of hydrogen-bond donors (Lipinski definition) is 1. The molecule has 0 spiro atoms. The molecular weight excluding hydrogens is 462 g/mol. The van der Waals surface area contributed by atoms with Crippen LogP contribution in [0.4, 0.5) is 0 Å². The first-order valence-electron chi connectivity index (χ1n) is 15.1. The van der Waals surface area contributed by atoms with Gasteiger partial charge in [0, 0.05) is 5.41 Å². The zero-order valence-corrected chi connectivity index (χ0v) is 22.8. The molecule has 5 nitrogen and oxygen atoms in total. The highest BCUT2D eigenvalue weighted by atomic mass is 16.6. The molecule has 5 aliphatic rings. The van der Waals surface area contributed by atoms with Crippen molar-refractivity contribution in [3.63, 3.8) is 0 Å². The lowest BCUT2D eigenvalue weighted by Crippen LogP contribution is -2.42. The Morgan fingerprint density at radius 3 is 2.68 bits per heavy atom. The summed E-state index contributed by atoms with van der Waals surface area (Å²) in [5.41, 5.74) is 5.29. The first-order valence-corrected chi connectivity index (χ1v) is 15.1. The summed E-state index contributed by atoms with van der Waals surface area (Å²) in [5.74, 6) is 4.79. The zero-order chi connectivity index (χ0) is 25.6. The van der Waals surface area contributed by atoms with E-state index in [0.29, 0.717) is 23.5 Å². The summed E-state index contributed by atoms with van der Waals surface area (Å²) < 4.78 is 4.69. The highest BCUT2D eigenvalue weighted by Crippen LogP contribution is 2.60. The second-order valence-electron chi connectivity index (χ2n) is 13.3. The Kier molecular flexibility index (Phi) is 7.00. The van der Waals surface area contributed by atoms with Crippen molar-refractivity contribution in [1.29, 1.82) is 0 Å². The van der Waals surface area contributed by atoms with Crippen molar-refractivity contribution in [3.8, 4) is 5.75 Å². The molecule has 2 bridgehead atoms. The third-order valence-corrected chi connectivity index (χ3v) is 11.3. The summed E-state index contributed by atoms with van der Waals surface area (Å²) in [6.07, 6.45) is 17.6. The minimum atomic E-state index is -0.387. The number of carbonyl (C=O) groups is 1. The van der Waals surface area contributed by atoms with E-state index in [4.69, 9.17) is 4.84 Å². The lowest BCUT2D eigenvalue weighted by molar-refractivity contribution is -0.145. The van der Waals surface area contributed by atoms with E-state index in [1.165, 1.54) is 75.2 Å². The van der Waals surface area contributed by atoms with E-state index in [1.807, 2.05) is 0 Å². The van der Waals surface area contributed by atoms with Crippen molar-refractivity contribution in [2.45, 2.75) is 103 Å².